The molecule has 0 spiro atoms. The minimum absolute atomic E-state index is 0.108. The van der Waals surface area contributed by atoms with E-state index in [1.807, 2.05) is 11.8 Å². The van der Waals surface area contributed by atoms with Crippen LogP contribution in [0.1, 0.15) is 30.9 Å². The van der Waals surface area contributed by atoms with Crippen LogP contribution in [-0.2, 0) is 9.59 Å². The highest BCUT2D eigenvalue weighted by Gasteiger charge is 2.29. The highest BCUT2D eigenvalue weighted by molar-refractivity contribution is 7.99. The number of carbonyl (C=O) groups is 2. The second-order valence-corrected chi connectivity index (χ2v) is 6.52. The van der Waals surface area contributed by atoms with Crippen molar-refractivity contribution >= 4 is 23.6 Å². The zero-order chi connectivity index (χ0) is 15.2. The molecule has 1 aliphatic rings. The Kier molecular flexibility index (Phi) is 5.61. The smallest absolute Gasteiger partial charge is 0.331 e. The van der Waals surface area contributed by atoms with Crippen molar-refractivity contribution in [2.45, 2.75) is 25.3 Å². The Morgan fingerprint density at radius 3 is 2.76 bits per heavy atom. The van der Waals surface area contributed by atoms with E-state index in [0.29, 0.717) is 17.9 Å². The zero-order valence-corrected chi connectivity index (χ0v) is 12.9. The first kappa shape index (κ1) is 15.8. The van der Waals surface area contributed by atoms with Gasteiger partial charge in [-0.05, 0) is 36.3 Å². The quantitative estimate of drug-likeness (QED) is 0.903. The van der Waals surface area contributed by atoms with E-state index >= 15 is 0 Å². The maximum atomic E-state index is 12.4. The normalized spacial score (nSPS) is 17.2. The third-order valence-electron chi connectivity index (χ3n) is 3.82. The molecule has 1 aliphatic heterocycles. The average molecular weight is 308 g/mol. The average Bonchev–Trinajstić information content (AvgIpc) is 2.49. The van der Waals surface area contributed by atoms with Crippen LogP contribution in [0.2, 0.25) is 0 Å². The van der Waals surface area contributed by atoms with Gasteiger partial charge < -0.3 is 10.0 Å². The molecule has 1 aromatic heterocycles. The van der Waals surface area contributed by atoms with Gasteiger partial charge in [0, 0.05) is 31.4 Å². The van der Waals surface area contributed by atoms with Crippen molar-refractivity contribution in [2.24, 2.45) is 5.92 Å². The molecule has 0 bridgehead atoms. The fourth-order valence-corrected chi connectivity index (χ4v) is 3.76. The highest BCUT2D eigenvalue weighted by atomic mass is 32.2. The van der Waals surface area contributed by atoms with Gasteiger partial charge in [-0.3, -0.25) is 9.78 Å². The van der Waals surface area contributed by atoms with Crippen LogP contribution < -0.4 is 0 Å². The minimum atomic E-state index is -1.03. The molecule has 5 nitrogen and oxygen atoms in total. The summed E-state index contributed by atoms with van der Waals surface area (Å²) in [6.45, 7) is 0. The predicted octanol–water partition coefficient (Wildman–Crippen LogP) is 2.20. The Labute approximate surface area is 128 Å². The fourth-order valence-electron chi connectivity index (χ4n) is 2.56. The number of nitrogens with zero attached hydrogens (tertiary/aromatic N) is 2. The predicted molar refractivity (Wildman–Crippen MR) is 82.0 cm³/mol. The number of aliphatic carboxylic acids is 1. The van der Waals surface area contributed by atoms with Crippen LogP contribution in [0.3, 0.4) is 0 Å². The fraction of sp³-hybridized carbons (Fsp3) is 0.533. The monoisotopic (exact) mass is 308 g/mol. The van der Waals surface area contributed by atoms with Crippen molar-refractivity contribution in [3.63, 3.8) is 0 Å². The van der Waals surface area contributed by atoms with E-state index in [2.05, 4.69) is 4.98 Å². The standard InChI is InChI=1S/C15H20N2O3S/c1-17(13(18)9-11-4-7-21-8-5-11)14(15(19)20)12-3-2-6-16-10-12/h2-3,6,10-11,14H,4-5,7-9H2,1H3,(H,19,20). The zero-order valence-electron chi connectivity index (χ0n) is 12.1. The molecule has 2 heterocycles. The van der Waals surface area contributed by atoms with Crippen LogP contribution in [0.15, 0.2) is 24.5 Å². The Balaban J connectivity index is 2.05. The van der Waals surface area contributed by atoms with E-state index in [1.54, 1.807) is 25.4 Å². The molecular formula is C15H20N2O3S. The molecule has 0 aromatic carbocycles. The number of carbonyl (C=O) groups excluding carboxylic acids is 1. The van der Waals surface area contributed by atoms with Crippen LogP contribution in [0, 0.1) is 5.92 Å². The molecule has 0 radical (unpaired) electrons. The molecule has 6 heteroatoms. The van der Waals surface area contributed by atoms with Gasteiger partial charge in [-0.2, -0.15) is 11.8 Å². The van der Waals surface area contributed by atoms with Crippen LogP contribution in [0.4, 0.5) is 0 Å². The van der Waals surface area contributed by atoms with Crippen LogP contribution in [-0.4, -0.2) is 45.4 Å². The van der Waals surface area contributed by atoms with Gasteiger partial charge in [0.25, 0.3) is 0 Å². The molecule has 1 fully saturated rings. The molecule has 1 N–H and O–H groups in total. The van der Waals surface area contributed by atoms with Crippen molar-refractivity contribution in [1.82, 2.24) is 9.88 Å². The second-order valence-electron chi connectivity index (χ2n) is 5.29. The number of pyridine rings is 1. The number of amides is 1. The Hall–Kier alpha value is -1.56. The lowest BCUT2D eigenvalue weighted by atomic mass is 9.97. The summed E-state index contributed by atoms with van der Waals surface area (Å²) in [6.07, 6.45) is 5.59. The Morgan fingerprint density at radius 2 is 2.19 bits per heavy atom. The maximum Gasteiger partial charge on any atom is 0.331 e. The van der Waals surface area contributed by atoms with Gasteiger partial charge in [0.2, 0.25) is 5.91 Å². The molecule has 114 valence electrons. The van der Waals surface area contributed by atoms with Crippen molar-refractivity contribution in [3.05, 3.63) is 30.1 Å². The van der Waals surface area contributed by atoms with Gasteiger partial charge in [-0.15, -0.1) is 0 Å². The summed E-state index contributed by atoms with van der Waals surface area (Å²) >= 11 is 1.91. The molecule has 1 amide bonds. The molecule has 1 aromatic rings. The van der Waals surface area contributed by atoms with Crippen molar-refractivity contribution < 1.29 is 14.7 Å². The lowest BCUT2D eigenvalue weighted by molar-refractivity contribution is -0.149. The van der Waals surface area contributed by atoms with Crippen LogP contribution in [0.5, 0.6) is 0 Å². The van der Waals surface area contributed by atoms with E-state index < -0.39 is 12.0 Å². The van der Waals surface area contributed by atoms with Gasteiger partial charge in [0.15, 0.2) is 6.04 Å². The molecule has 1 unspecified atom stereocenters. The topological polar surface area (TPSA) is 70.5 Å². The number of thioether (sulfide) groups is 1. The lowest BCUT2D eigenvalue weighted by Gasteiger charge is -2.28. The number of hydrogen-bond donors (Lipinski definition) is 1. The van der Waals surface area contributed by atoms with E-state index in [0.717, 1.165) is 24.3 Å². The first-order valence-electron chi connectivity index (χ1n) is 7.05. The van der Waals surface area contributed by atoms with Gasteiger partial charge >= 0.3 is 5.97 Å². The SMILES string of the molecule is CN(C(=O)CC1CCSCC1)C(C(=O)O)c1cccnc1. The number of hydrogen-bond acceptors (Lipinski definition) is 4. The Morgan fingerprint density at radius 1 is 1.48 bits per heavy atom. The summed E-state index contributed by atoms with van der Waals surface area (Å²) < 4.78 is 0. The Bertz CT molecular complexity index is 489. The lowest BCUT2D eigenvalue weighted by Crippen LogP contribution is -2.37. The maximum absolute atomic E-state index is 12.4. The second kappa shape index (κ2) is 7.45. The van der Waals surface area contributed by atoms with E-state index in [-0.39, 0.29) is 5.91 Å². The highest BCUT2D eigenvalue weighted by Crippen LogP contribution is 2.27. The number of aromatic nitrogens is 1. The summed E-state index contributed by atoms with van der Waals surface area (Å²) in [5, 5.41) is 9.43. The third kappa shape index (κ3) is 4.20. The van der Waals surface area contributed by atoms with Crippen LogP contribution >= 0.6 is 11.8 Å². The van der Waals surface area contributed by atoms with Crippen molar-refractivity contribution in [2.75, 3.05) is 18.6 Å². The summed E-state index contributed by atoms with van der Waals surface area (Å²) in [5.74, 6) is 1.42. The van der Waals surface area contributed by atoms with Crippen molar-refractivity contribution in [3.8, 4) is 0 Å². The summed E-state index contributed by atoms with van der Waals surface area (Å²) in [4.78, 5) is 29.2. The molecule has 2 rings (SSSR count). The van der Waals surface area contributed by atoms with Gasteiger partial charge in [-0.1, -0.05) is 6.07 Å². The largest absolute Gasteiger partial charge is 0.479 e. The van der Waals surface area contributed by atoms with Gasteiger partial charge in [0.1, 0.15) is 0 Å². The number of likely N-dealkylation sites (N-methyl/N-ethyl adjacent to an activating group) is 1. The molecule has 0 saturated carbocycles. The van der Waals surface area contributed by atoms with Gasteiger partial charge in [-0.25, -0.2) is 4.79 Å². The number of rotatable bonds is 5. The first-order valence-corrected chi connectivity index (χ1v) is 8.21. The summed E-state index contributed by atoms with van der Waals surface area (Å²) in [7, 11) is 1.56. The van der Waals surface area contributed by atoms with E-state index in [9.17, 15) is 14.7 Å². The van der Waals surface area contributed by atoms with E-state index in [1.165, 1.54) is 11.1 Å². The summed E-state index contributed by atoms with van der Waals surface area (Å²) in [6, 6.07) is 2.40. The number of carboxylic acids is 1. The van der Waals surface area contributed by atoms with Gasteiger partial charge in [0.05, 0.1) is 0 Å². The molecule has 1 saturated heterocycles. The molecule has 0 aliphatic carbocycles. The molecule has 21 heavy (non-hydrogen) atoms. The first-order chi connectivity index (χ1) is 10.1. The van der Waals surface area contributed by atoms with E-state index in [4.69, 9.17) is 0 Å². The molecule has 1 atom stereocenters. The van der Waals surface area contributed by atoms with Crippen molar-refractivity contribution in [1.29, 1.82) is 0 Å². The molecular weight excluding hydrogens is 288 g/mol. The minimum Gasteiger partial charge on any atom is -0.479 e. The van der Waals surface area contributed by atoms with Crippen LogP contribution in [0.25, 0.3) is 0 Å². The third-order valence-corrected chi connectivity index (χ3v) is 4.87. The number of carboxylic acid groups (broad SMARTS) is 1. The summed E-state index contributed by atoms with van der Waals surface area (Å²) in [5.41, 5.74) is 0.528.